The molecule has 4 rings (SSSR count). The summed E-state index contributed by atoms with van der Waals surface area (Å²) >= 11 is 0. The first-order valence-corrected chi connectivity index (χ1v) is 8.74. The van der Waals surface area contributed by atoms with Crippen LogP contribution >= 0.6 is 0 Å². The van der Waals surface area contributed by atoms with Crippen LogP contribution in [0.1, 0.15) is 17.5 Å². The van der Waals surface area contributed by atoms with E-state index in [1.807, 2.05) is 23.1 Å². The molecular weight excluding hydrogens is 334 g/mol. The molecule has 2 aliphatic rings. The van der Waals surface area contributed by atoms with Gasteiger partial charge in [-0.3, -0.25) is 4.79 Å². The number of hydrogen-bond acceptors (Lipinski definition) is 6. The van der Waals surface area contributed by atoms with Gasteiger partial charge in [0.1, 0.15) is 12.2 Å². The van der Waals surface area contributed by atoms with Gasteiger partial charge in [-0.05, 0) is 11.1 Å². The van der Waals surface area contributed by atoms with Crippen LogP contribution in [0.25, 0.3) is 0 Å². The molecule has 2 atom stereocenters. The lowest BCUT2D eigenvalue weighted by molar-refractivity contribution is -0.144. The van der Waals surface area contributed by atoms with Gasteiger partial charge in [0.05, 0.1) is 20.3 Å². The summed E-state index contributed by atoms with van der Waals surface area (Å²) in [6.45, 7) is 1.68. The topological polar surface area (TPSA) is 73.8 Å². The fourth-order valence-electron chi connectivity index (χ4n) is 3.38. The van der Waals surface area contributed by atoms with Crippen LogP contribution in [0, 0.1) is 0 Å². The predicted molar refractivity (Wildman–Crippen MR) is 92.9 cm³/mol. The predicted octanol–water partition coefficient (Wildman–Crippen LogP) is 1.61. The highest BCUT2D eigenvalue weighted by atomic mass is 16.5. The molecule has 1 amide bonds. The summed E-state index contributed by atoms with van der Waals surface area (Å²) in [5, 5.41) is 7.86. The Morgan fingerprint density at radius 2 is 1.92 bits per heavy atom. The molecule has 2 aromatic rings. The SMILES string of the molecule is COc1ccc(OC2CCN(C(=O)C3Cc4ccccc4CO3)C2)nn1. The lowest BCUT2D eigenvalue weighted by Crippen LogP contribution is -2.42. The third-order valence-corrected chi connectivity index (χ3v) is 4.81. The Balaban J connectivity index is 1.34. The first-order chi connectivity index (χ1) is 12.7. The van der Waals surface area contributed by atoms with Crippen LogP contribution in [0.15, 0.2) is 36.4 Å². The van der Waals surface area contributed by atoms with Gasteiger partial charge in [0, 0.05) is 31.5 Å². The van der Waals surface area contributed by atoms with E-state index in [0.29, 0.717) is 37.9 Å². The van der Waals surface area contributed by atoms with E-state index in [9.17, 15) is 4.79 Å². The number of hydrogen-bond donors (Lipinski definition) is 0. The Morgan fingerprint density at radius 1 is 1.15 bits per heavy atom. The summed E-state index contributed by atoms with van der Waals surface area (Å²) in [5.41, 5.74) is 2.36. The van der Waals surface area contributed by atoms with Crippen LogP contribution in [0.4, 0.5) is 0 Å². The highest BCUT2D eigenvalue weighted by Crippen LogP contribution is 2.24. The highest BCUT2D eigenvalue weighted by molar-refractivity contribution is 5.82. The van der Waals surface area contributed by atoms with Crippen molar-refractivity contribution in [2.75, 3.05) is 20.2 Å². The van der Waals surface area contributed by atoms with E-state index in [0.717, 1.165) is 12.0 Å². The number of carbonyl (C=O) groups is 1. The van der Waals surface area contributed by atoms with Gasteiger partial charge in [-0.25, -0.2) is 0 Å². The molecule has 0 radical (unpaired) electrons. The maximum Gasteiger partial charge on any atom is 0.252 e. The van der Waals surface area contributed by atoms with Crippen LogP contribution in [0.3, 0.4) is 0 Å². The van der Waals surface area contributed by atoms with Crippen molar-refractivity contribution in [3.63, 3.8) is 0 Å². The Kier molecular flexibility index (Phi) is 4.71. The summed E-state index contributed by atoms with van der Waals surface area (Å²) < 4.78 is 16.6. The summed E-state index contributed by atoms with van der Waals surface area (Å²) in [4.78, 5) is 14.6. The largest absolute Gasteiger partial charge is 0.480 e. The molecular formula is C19H21N3O4. The molecule has 1 fully saturated rings. The molecule has 7 nitrogen and oxygen atoms in total. The molecule has 7 heteroatoms. The van der Waals surface area contributed by atoms with Crippen LogP contribution in [-0.4, -0.2) is 53.4 Å². The van der Waals surface area contributed by atoms with Crippen LogP contribution in [0.2, 0.25) is 0 Å². The Morgan fingerprint density at radius 3 is 2.69 bits per heavy atom. The highest BCUT2D eigenvalue weighted by Gasteiger charge is 2.34. The van der Waals surface area contributed by atoms with Crippen molar-refractivity contribution in [2.45, 2.75) is 31.7 Å². The third-order valence-electron chi connectivity index (χ3n) is 4.81. The second-order valence-corrected chi connectivity index (χ2v) is 6.50. The minimum atomic E-state index is -0.413. The fraction of sp³-hybridized carbons (Fsp3) is 0.421. The number of likely N-dealkylation sites (tertiary alicyclic amines) is 1. The van der Waals surface area contributed by atoms with Crippen molar-refractivity contribution >= 4 is 5.91 Å². The van der Waals surface area contributed by atoms with E-state index in [1.165, 1.54) is 12.7 Å². The van der Waals surface area contributed by atoms with Gasteiger partial charge in [0.15, 0.2) is 0 Å². The van der Waals surface area contributed by atoms with Crippen LogP contribution < -0.4 is 9.47 Å². The van der Waals surface area contributed by atoms with Gasteiger partial charge >= 0.3 is 0 Å². The Bertz CT molecular complexity index is 781. The first-order valence-electron chi connectivity index (χ1n) is 8.74. The number of aromatic nitrogens is 2. The average Bonchev–Trinajstić information content (AvgIpc) is 3.16. The summed E-state index contributed by atoms with van der Waals surface area (Å²) in [6.07, 6.45) is 0.894. The molecule has 0 aliphatic carbocycles. The molecule has 136 valence electrons. The Labute approximate surface area is 151 Å². The monoisotopic (exact) mass is 355 g/mol. The number of carbonyl (C=O) groups excluding carboxylic acids is 1. The van der Waals surface area contributed by atoms with E-state index >= 15 is 0 Å². The number of benzene rings is 1. The number of amides is 1. The number of nitrogens with zero attached hydrogens (tertiary/aromatic N) is 3. The van der Waals surface area contributed by atoms with Gasteiger partial charge in [-0.2, -0.15) is 0 Å². The van der Waals surface area contributed by atoms with E-state index in [1.54, 1.807) is 12.1 Å². The zero-order chi connectivity index (χ0) is 17.9. The summed E-state index contributed by atoms with van der Waals surface area (Å²) in [5.74, 6) is 0.912. The smallest absolute Gasteiger partial charge is 0.252 e. The second-order valence-electron chi connectivity index (χ2n) is 6.50. The van der Waals surface area contributed by atoms with Gasteiger partial charge in [-0.1, -0.05) is 24.3 Å². The lowest BCUT2D eigenvalue weighted by Gasteiger charge is -2.28. The summed E-state index contributed by atoms with van der Waals surface area (Å²) in [7, 11) is 1.54. The Hall–Kier alpha value is -2.67. The van der Waals surface area contributed by atoms with Gasteiger partial charge in [0.2, 0.25) is 11.8 Å². The van der Waals surface area contributed by atoms with E-state index in [-0.39, 0.29) is 12.0 Å². The zero-order valence-electron chi connectivity index (χ0n) is 14.6. The maximum atomic E-state index is 12.8. The van der Waals surface area contributed by atoms with Crippen LogP contribution in [0.5, 0.6) is 11.8 Å². The number of ether oxygens (including phenoxy) is 3. The van der Waals surface area contributed by atoms with Crippen molar-refractivity contribution in [3.05, 3.63) is 47.5 Å². The molecule has 0 spiro atoms. The third kappa shape index (κ3) is 3.48. The molecule has 0 bridgehead atoms. The van der Waals surface area contributed by atoms with Crippen molar-refractivity contribution in [3.8, 4) is 11.8 Å². The van der Waals surface area contributed by atoms with Gasteiger partial charge < -0.3 is 19.1 Å². The molecule has 0 N–H and O–H groups in total. The van der Waals surface area contributed by atoms with E-state index in [2.05, 4.69) is 16.3 Å². The molecule has 2 unspecified atom stereocenters. The minimum Gasteiger partial charge on any atom is -0.480 e. The second kappa shape index (κ2) is 7.29. The first kappa shape index (κ1) is 16.8. The molecule has 1 aromatic heterocycles. The molecule has 0 saturated carbocycles. The molecule has 26 heavy (non-hydrogen) atoms. The number of rotatable bonds is 4. The zero-order valence-corrected chi connectivity index (χ0v) is 14.6. The minimum absolute atomic E-state index is 0.0337. The van der Waals surface area contributed by atoms with Crippen molar-refractivity contribution < 1.29 is 19.0 Å². The quantitative estimate of drug-likeness (QED) is 0.830. The van der Waals surface area contributed by atoms with E-state index < -0.39 is 6.10 Å². The lowest BCUT2D eigenvalue weighted by atomic mass is 9.98. The van der Waals surface area contributed by atoms with Crippen LogP contribution in [-0.2, 0) is 22.6 Å². The number of methoxy groups -OCH3 is 1. The maximum absolute atomic E-state index is 12.8. The summed E-state index contributed by atoms with van der Waals surface area (Å²) in [6, 6.07) is 11.5. The number of fused-ring (bicyclic) bond motifs is 1. The molecule has 1 saturated heterocycles. The van der Waals surface area contributed by atoms with Gasteiger partial charge in [0.25, 0.3) is 5.91 Å². The van der Waals surface area contributed by atoms with E-state index in [4.69, 9.17) is 14.2 Å². The average molecular weight is 355 g/mol. The van der Waals surface area contributed by atoms with Crippen molar-refractivity contribution in [1.82, 2.24) is 15.1 Å². The molecule has 2 aliphatic heterocycles. The molecule has 3 heterocycles. The normalized spacial score (nSPS) is 22.0. The fourth-order valence-corrected chi connectivity index (χ4v) is 3.38. The van der Waals surface area contributed by atoms with Crippen molar-refractivity contribution in [2.24, 2.45) is 0 Å². The molecule has 1 aromatic carbocycles. The standard InChI is InChI=1S/C19H21N3O4/c1-24-17-6-7-18(21-20-17)26-15-8-9-22(11-15)19(23)16-10-13-4-2-3-5-14(13)12-25-16/h2-7,15-16H,8-12H2,1H3. The van der Waals surface area contributed by atoms with Crippen molar-refractivity contribution in [1.29, 1.82) is 0 Å². The van der Waals surface area contributed by atoms with Gasteiger partial charge in [-0.15, -0.1) is 10.2 Å².